The topological polar surface area (TPSA) is 42.7 Å². The maximum Gasteiger partial charge on any atom is 0.115 e. The minimum atomic E-state index is 0.746. The number of thiazole rings is 1. The lowest BCUT2D eigenvalue weighted by atomic mass is 10.3. The fraction of sp³-hybridized carbons (Fsp3) is 0.333. The molecule has 2 heterocycles. The van der Waals surface area contributed by atoms with Gasteiger partial charge in [-0.25, -0.2) is 4.98 Å². The Morgan fingerprint density at radius 2 is 2.15 bits per heavy atom. The van der Waals surface area contributed by atoms with Crippen LogP contribution < -0.4 is 5.32 Å². The van der Waals surface area contributed by atoms with E-state index in [4.69, 9.17) is 0 Å². The molecule has 0 spiro atoms. The summed E-state index contributed by atoms with van der Waals surface area (Å²) in [7, 11) is 0. The van der Waals surface area contributed by atoms with E-state index in [-0.39, 0.29) is 0 Å². The summed E-state index contributed by atoms with van der Waals surface area (Å²) in [4.78, 5) is 4.66. The lowest BCUT2D eigenvalue weighted by molar-refractivity contribution is 0.592. The molecule has 1 aromatic carbocycles. The molecule has 0 radical (unpaired) electrons. The highest BCUT2D eigenvalue weighted by atomic mass is 32.1. The van der Waals surface area contributed by atoms with Gasteiger partial charge in [-0.3, -0.25) is 4.68 Å². The van der Waals surface area contributed by atoms with Gasteiger partial charge < -0.3 is 5.32 Å². The molecule has 4 nitrogen and oxygen atoms in total. The van der Waals surface area contributed by atoms with Gasteiger partial charge in [-0.05, 0) is 31.2 Å². The van der Waals surface area contributed by atoms with Crippen molar-refractivity contribution in [1.82, 2.24) is 20.1 Å². The highest BCUT2D eigenvalue weighted by Crippen LogP contribution is 2.22. The zero-order chi connectivity index (χ0) is 13.8. The van der Waals surface area contributed by atoms with Crippen molar-refractivity contribution in [3.63, 3.8) is 0 Å². The number of hydrogen-bond acceptors (Lipinski definition) is 4. The largest absolute Gasteiger partial charge is 0.311 e. The van der Waals surface area contributed by atoms with Crippen LogP contribution in [0.25, 0.3) is 10.2 Å². The quantitative estimate of drug-likeness (QED) is 0.708. The first-order valence-electron chi connectivity index (χ1n) is 6.92. The molecule has 0 saturated heterocycles. The highest BCUT2D eigenvalue weighted by molar-refractivity contribution is 7.18. The molecule has 104 valence electrons. The Bertz CT molecular complexity index is 653. The van der Waals surface area contributed by atoms with Crippen molar-refractivity contribution in [3.05, 3.63) is 47.2 Å². The van der Waals surface area contributed by atoms with Crippen LogP contribution in [-0.4, -0.2) is 21.3 Å². The fourth-order valence-electron chi connectivity index (χ4n) is 2.16. The van der Waals surface area contributed by atoms with Gasteiger partial charge >= 0.3 is 0 Å². The first-order chi connectivity index (χ1) is 9.86. The number of aromatic nitrogens is 3. The second-order valence-corrected chi connectivity index (χ2v) is 5.85. The smallest absolute Gasteiger partial charge is 0.115 e. The molecule has 0 bridgehead atoms. The van der Waals surface area contributed by atoms with E-state index >= 15 is 0 Å². The van der Waals surface area contributed by atoms with Gasteiger partial charge in [0.15, 0.2) is 0 Å². The van der Waals surface area contributed by atoms with E-state index in [9.17, 15) is 0 Å². The minimum Gasteiger partial charge on any atom is -0.311 e. The van der Waals surface area contributed by atoms with Crippen LogP contribution in [0.1, 0.15) is 24.0 Å². The number of benzene rings is 1. The first kappa shape index (κ1) is 13.3. The van der Waals surface area contributed by atoms with Crippen LogP contribution in [0, 0.1) is 0 Å². The van der Waals surface area contributed by atoms with Gasteiger partial charge in [0, 0.05) is 12.7 Å². The summed E-state index contributed by atoms with van der Waals surface area (Å²) in [6, 6.07) is 10.3. The third-order valence-electron chi connectivity index (χ3n) is 3.16. The zero-order valence-electron chi connectivity index (χ0n) is 11.5. The Morgan fingerprint density at radius 3 is 3.00 bits per heavy atom. The van der Waals surface area contributed by atoms with Crippen LogP contribution in [0.5, 0.6) is 0 Å². The molecule has 20 heavy (non-hydrogen) atoms. The summed E-state index contributed by atoms with van der Waals surface area (Å²) >= 11 is 1.74. The second-order valence-electron chi connectivity index (χ2n) is 4.73. The number of nitrogens with zero attached hydrogens (tertiary/aromatic N) is 3. The summed E-state index contributed by atoms with van der Waals surface area (Å²) in [5, 5.41) is 8.92. The number of rotatable bonds is 6. The molecule has 3 rings (SSSR count). The average molecular weight is 286 g/mol. The van der Waals surface area contributed by atoms with Crippen LogP contribution in [0.3, 0.4) is 0 Å². The first-order valence-corrected chi connectivity index (χ1v) is 7.74. The van der Waals surface area contributed by atoms with Crippen LogP contribution in [0.2, 0.25) is 0 Å². The van der Waals surface area contributed by atoms with Crippen molar-refractivity contribution in [3.8, 4) is 0 Å². The average Bonchev–Trinajstić information content (AvgIpc) is 3.06. The summed E-state index contributed by atoms with van der Waals surface area (Å²) in [6.07, 6.45) is 3.00. The number of hydrogen-bond donors (Lipinski definition) is 1. The molecule has 0 aliphatic rings. The predicted octanol–water partition coefficient (Wildman–Crippen LogP) is 3.04. The Hall–Kier alpha value is -1.72. The third-order valence-corrected chi connectivity index (χ3v) is 4.18. The molecule has 0 unspecified atom stereocenters. The van der Waals surface area contributed by atoms with Crippen molar-refractivity contribution in [2.45, 2.75) is 26.4 Å². The Labute approximate surface area is 122 Å². The van der Waals surface area contributed by atoms with E-state index in [1.807, 2.05) is 16.9 Å². The van der Waals surface area contributed by atoms with Crippen LogP contribution in [0.15, 0.2) is 36.5 Å². The van der Waals surface area contributed by atoms with E-state index in [1.165, 1.54) is 10.4 Å². The molecule has 3 aromatic rings. The van der Waals surface area contributed by atoms with Gasteiger partial charge in [0.1, 0.15) is 5.01 Å². The monoisotopic (exact) mass is 286 g/mol. The Balaban J connectivity index is 1.75. The minimum absolute atomic E-state index is 0.746. The van der Waals surface area contributed by atoms with Crippen molar-refractivity contribution in [2.75, 3.05) is 6.54 Å². The fourth-order valence-corrected chi connectivity index (χ4v) is 3.11. The lowest BCUT2D eigenvalue weighted by Gasteiger charge is -2.06. The van der Waals surface area contributed by atoms with Crippen molar-refractivity contribution in [1.29, 1.82) is 0 Å². The van der Waals surface area contributed by atoms with Crippen molar-refractivity contribution >= 4 is 21.6 Å². The van der Waals surface area contributed by atoms with Crippen LogP contribution in [0.4, 0.5) is 0 Å². The number of nitrogens with one attached hydrogen (secondary N) is 1. The zero-order valence-corrected chi connectivity index (χ0v) is 12.4. The van der Waals surface area contributed by atoms with E-state index in [1.54, 1.807) is 11.3 Å². The van der Waals surface area contributed by atoms with Crippen molar-refractivity contribution in [2.24, 2.45) is 0 Å². The van der Waals surface area contributed by atoms with Crippen LogP contribution in [-0.2, 0) is 13.1 Å². The Kier molecular flexibility index (Phi) is 4.08. The number of para-hydroxylation sites is 1. The molecule has 0 fully saturated rings. The van der Waals surface area contributed by atoms with Gasteiger partial charge in [0.2, 0.25) is 0 Å². The van der Waals surface area contributed by atoms with Gasteiger partial charge in [-0.1, -0.05) is 19.1 Å². The van der Waals surface area contributed by atoms with Gasteiger partial charge in [0.25, 0.3) is 0 Å². The Morgan fingerprint density at radius 1 is 1.25 bits per heavy atom. The normalized spacial score (nSPS) is 11.2. The summed E-state index contributed by atoms with van der Waals surface area (Å²) in [5.41, 5.74) is 2.28. The predicted molar refractivity (Wildman–Crippen MR) is 82.9 cm³/mol. The molecule has 5 heteroatoms. The molecule has 0 amide bonds. The lowest BCUT2D eigenvalue weighted by Crippen LogP contribution is -2.17. The maximum atomic E-state index is 4.66. The second kappa shape index (κ2) is 6.15. The number of fused-ring (bicyclic) bond motifs is 1. The summed E-state index contributed by atoms with van der Waals surface area (Å²) < 4.78 is 3.26. The summed E-state index contributed by atoms with van der Waals surface area (Å²) in [5.74, 6) is 0. The molecule has 0 saturated carbocycles. The van der Waals surface area contributed by atoms with Crippen LogP contribution >= 0.6 is 11.3 Å². The van der Waals surface area contributed by atoms with Gasteiger partial charge in [-0.2, -0.15) is 5.10 Å². The van der Waals surface area contributed by atoms with E-state index in [0.717, 1.165) is 36.6 Å². The van der Waals surface area contributed by atoms with Crippen molar-refractivity contribution < 1.29 is 0 Å². The molecule has 0 atom stereocenters. The summed E-state index contributed by atoms with van der Waals surface area (Å²) in [6.45, 7) is 4.81. The SMILES string of the molecule is CCCNCc1ccnn1Cc1nc2ccccc2s1. The molecule has 2 aromatic heterocycles. The highest BCUT2D eigenvalue weighted by Gasteiger charge is 2.07. The third kappa shape index (κ3) is 2.89. The molecule has 0 aliphatic heterocycles. The molecular formula is C15H18N4S. The standard InChI is InChI=1S/C15H18N4S/c1-2-8-16-10-12-7-9-17-19(12)11-15-18-13-5-3-4-6-14(13)20-15/h3-7,9,16H,2,8,10-11H2,1H3. The van der Waals surface area contributed by atoms with E-state index in [2.05, 4.69) is 46.6 Å². The van der Waals surface area contributed by atoms with Gasteiger partial charge in [-0.15, -0.1) is 11.3 Å². The maximum absolute atomic E-state index is 4.66. The van der Waals surface area contributed by atoms with Gasteiger partial charge in [0.05, 0.1) is 22.5 Å². The van der Waals surface area contributed by atoms with E-state index < -0.39 is 0 Å². The molecule has 1 N–H and O–H groups in total. The van der Waals surface area contributed by atoms with E-state index in [0.29, 0.717) is 0 Å². The molecular weight excluding hydrogens is 268 g/mol. The molecule has 0 aliphatic carbocycles.